The maximum absolute atomic E-state index is 11.0. The minimum atomic E-state index is -3.21. The number of nitrogens with one attached hydrogen (secondary N) is 1. The molecule has 0 heterocycles. The Labute approximate surface area is 84.2 Å². The van der Waals surface area contributed by atoms with E-state index in [9.17, 15) is 8.42 Å². The predicted molar refractivity (Wildman–Crippen MR) is 56.2 cm³/mol. The molecular formula is C10H11NO2S. The lowest BCUT2D eigenvalue weighted by molar-refractivity contribution is 0.592. The Morgan fingerprint density at radius 3 is 2.50 bits per heavy atom. The molecular weight excluding hydrogens is 198 g/mol. The number of benzene rings is 1. The van der Waals surface area contributed by atoms with Gasteiger partial charge in [-0.1, -0.05) is 30.0 Å². The van der Waals surface area contributed by atoms with Crippen LogP contribution in [0.25, 0.3) is 0 Å². The Morgan fingerprint density at radius 1 is 1.29 bits per heavy atom. The SMILES string of the molecule is CNS(=O)(=O)CC#Cc1ccccc1. The zero-order valence-corrected chi connectivity index (χ0v) is 8.64. The fourth-order valence-corrected chi connectivity index (χ4v) is 1.23. The summed E-state index contributed by atoms with van der Waals surface area (Å²) in [6, 6.07) is 9.26. The summed E-state index contributed by atoms with van der Waals surface area (Å²) in [4.78, 5) is 0. The molecule has 0 saturated carbocycles. The summed E-state index contributed by atoms with van der Waals surface area (Å²) in [7, 11) is -1.84. The molecule has 0 fully saturated rings. The highest BCUT2D eigenvalue weighted by Crippen LogP contribution is 1.94. The lowest BCUT2D eigenvalue weighted by atomic mass is 10.2. The molecule has 0 saturated heterocycles. The molecule has 0 radical (unpaired) electrons. The number of hydrogen-bond acceptors (Lipinski definition) is 2. The van der Waals surface area contributed by atoms with Crippen molar-refractivity contribution in [2.75, 3.05) is 12.8 Å². The minimum Gasteiger partial charge on any atom is -0.217 e. The summed E-state index contributed by atoms with van der Waals surface area (Å²) >= 11 is 0. The van der Waals surface area contributed by atoms with Gasteiger partial charge in [0.15, 0.2) is 0 Å². The van der Waals surface area contributed by atoms with E-state index in [4.69, 9.17) is 0 Å². The van der Waals surface area contributed by atoms with Crippen molar-refractivity contribution in [2.24, 2.45) is 0 Å². The van der Waals surface area contributed by atoms with E-state index >= 15 is 0 Å². The molecule has 1 rings (SSSR count). The van der Waals surface area contributed by atoms with Crippen LogP contribution in [0.5, 0.6) is 0 Å². The Hall–Kier alpha value is -1.31. The molecule has 0 aliphatic rings. The number of sulfonamides is 1. The second-order valence-electron chi connectivity index (χ2n) is 2.63. The molecule has 0 amide bonds. The van der Waals surface area contributed by atoms with Gasteiger partial charge in [0, 0.05) is 5.56 Å². The number of rotatable bonds is 2. The second kappa shape index (κ2) is 4.80. The molecule has 0 spiro atoms. The second-order valence-corrected chi connectivity index (χ2v) is 4.56. The first-order valence-electron chi connectivity index (χ1n) is 4.09. The van der Waals surface area contributed by atoms with Crippen LogP contribution in [0.1, 0.15) is 5.56 Å². The van der Waals surface area contributed by atoms with E-state index in [0.29, 0.717) is 0 Å². The van der Waals surface area contributed by atoms with Gasteiger partial charge in [0.05, 0.1) is 0 Å². The van der Waals surface area contributed by atoms with Crippen molar-refractivity contribution >= 4 is 10.0 Å². The average Bonchev–Trinajstić information content (AvgIpc) is 2.19. The zero-order valence-electron chi connectivity index (χ0n) is 7.82. The maximum Gasteiger partial charge on any atom is 0.222 e. The normalized spacial score (nSPS) is 10.4. The van der Waals surface area contributed by atoms with Gasteiger partial charge in [0.1, 0.15) is 5.75 Å². The summed E-state index contributed by atoms with van der Waals surface area (Å²) in [5, 5.41) is 0. The van der Waals surface area contributed by atoms with E-state index in [1.165, 1.54) is 7.05 Å². The Balaban J connectivity index is 2.67. The third-order valence-electron chi connectivity index (χ3n) is 1.58. The number of hydrogen-bond donors (Lipinski definition) is 1. The van der Waals surface area contributed by atoms with Crippen LogP contribution in [-0.4, -0.2) is 21.2 Å². The molecule has 4 heteroatoms. The van der Waals surface area contributed by atoms with Crippen LogP contribution < -0.4 is 4.72 Å². The highest BCUT2D eigenvalue weighted by Gasteiger charge is 2.01. The van der Waals surface area contributed by atoms with Gasteiger partial charge in [0.2, 0.25) is 10.0 Å². The van der Waals surface area contributed by atoms with Crippen LogP contribution >= 0.6 is 0 Å². The van der Waals surface area contributed by atoms with Gasteiger partial charge < -0.3 is 0 Å². The van der Waals surface area contributed by atoms with E-state index in [1.54, 1.807) is 0 Å². The molecule has 0 unspecified atom stereocenters. The van der Waals surface area contributed by atoms with E-state index < -0.39 is 10.0 Å². The third-order valence-corrected chi connectivity index (χ3v) is 2.73. The van der Waals surface area contributed by atoms with Gasteiger partial charge in [-0.25, -0.2) is 13.1 Å². The Kier molecular flexibility index (Phi) is 3.69. The fourth-order valence-electron chi connectivity index (χ4n) is 0.827. The molecule has 0 aromatic heterocycles. The van der Waals surface area contributed by atoms with Gasteiger partial charge in [-0.3, -0.25) is 0 Å². The molecule has 0 bridgehead atoms. The van der Waals surface area contributed by atoms with Crippen molar-refractivity contribution in [3.63, 3.8) is 0 Å². The van der Waals surface area contributed by atoms with Crippen molar-refractivity contribution in [1.29, 1.82) is 0 Å². The van der Waals surface area contributed by atoms with Crippen LogP contribution in [0.2, 0.25) is 0 Å². The Morgan fingerprint density at radius 2 is 1.93 bits per heavy atom. The van der Waals surface area contributed by atoms with E-state index in [2.05, 4.69) is 16.6 Å². The van der Waals surface area contributed by atoms with Gasteiger partial charge in [-0.05, 0) is 19.2 Å². The standard InChI is InChI=1S/C10H11NO2S/c1-11-14(12,13)9-5-8-10-6-3-2-4-7-10/h2-4,6-7,11H,9H2,1H3. The van der Waals surface area contributed by atoms with E-state index in [0.717, 1.165) is 5.56 Å². The van der Waals surface area contributed by atoms with Crippen molar-refractivity contribution in [2.45, 2.75) is 0 Å². The molecule has 1 N–H and O–H groups in total. The molecule has 0 aliphatic heterocycles. The first-order valence-corrected chi connectivity index (χ1v) is 5.74. The average molecular weight is 209 g/mol. The molecule has 1 aromatic rings. The summed E-state index contributed by atoms with van der Waals surface area (Å²) in [6.07, 6.45) is 0. The minimum absolute atomic E-state index is 0.168. The van der Waals surface area contributed by atoms with Crippen molar-refractivity contribution < 1.29 is 8.42 Å². The predicted octanol–water partition coefficient (Wildman–Crippen LogP) is 0.587. The molecule has 3 nitrogen and oxygen atoms in total. The summed E-state index contributed by atoms with van der Waals surface area (Å²) < 4.78 is 24.1. The molecule has 0 aliphatic carbocycles. The van der Waals surface area contributed by atoms with Crippen molar-refractivity contribution in [3.05, 3.63) is 35.9 Å². The molecule has 14 heavy (non-hydrogen) atoms. The fraction of sp³-hybridized carbons (Fsp3) is 0.200. The molecule has 0 atom stereocenters. The lowest BCUT2D eigenvalue weighted by Crippen LogP contribution is -2.20. The van der Waals surface area contributed by atoms with Gasteiger partial charge in [-0.2, -0.15) is 0 Å². The summed E-state index contributed by atoms with van der Waals surface area (Å²) in [5.41, 5.74) is 0.818. The highest BCUT2D eigenvalue weighted by molar-refractivity contribution is 7.89. The van der Waals surface area contributed by atoms with E-state index in [-0.39, 0.29) is 5.75 Å². The highest BCUT2D eigenvalue weighted by atomic mass is 32.2. The first kappa shape index (κ1) is 10.8. The molecule has 1 aromatic carbocycles. The van der Waals surface area contributed by atoms with Crippen molar-refractivity contribution in [3.8, 4) is 11.8 Å². The topological polar surface area (TPSA) is 46.2 Å². The van der Waals surface area contributed by atoms with Gasteiger partial charge in [0.25, 0.3) is 0 Å². The van der Waals surface area contributed by atoms with Gasteiger partial charge in [-0.15, -0.1) is 0 Å². The smallest absolute Gasteiger partial charge is 0.217 e. The largest absolute Gasteiger partial charge is 0.222 e. The van der Waals surface area contributed by atoms with E-state index in [1.807, 2.05) is 30.3 Å². The van der Waals surface area contributed by atoms with Crippen LogP contribution in [0.4, 0.5) is 0 Å². The maximum atomic E-state index is 11.0. The van der Waals surface area contributed by atoms with Crippen LogP contribution in [0.15, 0.2) is 30.3 Å². The van der Waals surface area contributed by atoms with Crippen LogP contribution in [0, 0.1) is 11.8 Å². The third kappa shape index (κ3) is 3.60. The monoisotopic (exact) mass is 209 g/mol. The zero-order chi connectivity index (χ0) is 10.4. The van der Waals surface area contributed by atoms with Crippen molar-refractivity contribution in [1.82, 2.24) is 4.72 Å². The first-order chi connectivity index (χ1) is 6.64. The van der Waals surface area contributed by atoms with Crippen LogP contribution in [0.3, 0.4) is 0 Å². The summed E-state index contributed by atoms with van der Waals surface area (Å²) in [5.74, 6) is 5.19. The lowest BCUT2D eigenvalue weighted by Gasteiger charge is -1.93. The summed E-state index contributed by atoms with van der Waals surface area (Å²) in [6.45, 7) is 0. The van der Waals surface area contributed by atoms with Crippen LogP contribution in [-0.2, 0) is 10.0 Å². The Bertz CT molecular complexity index is 440. The molecule has 74 valence electrons. The quantitative estimate of drug-likeness (QED) is 0.724. The van der Waals surface area contributed by atoms with Gasteiger partial charge >= 0.3 is 0 Å².